The van der Waals surface area contributed by atoms with Gasteiger partial charge in [0.1, 0.15) is 6.10 Å². The summed E-state index contributed by atoms with van der Waals surface area (Å²) in [5.41, 5.74) is 0. The fourth-order valence-electron chi connectivity index (χ4n) is 0.697. The molecule has 0 saturated carbocycles. The predicted octanol–water partition coefficient (Wildman–Crippen LogP) is 0.810. The molecule has 48 valence electrons. The Morgan fingerprint density at radius 3 is 2.88 bits per heavy atom. The zero-order valence-corrected chi connectivity index (χ0v) is 5.39. The highest BCUT2D eigenvalue weighted by molar-refractivity contribution is 4.75. The van der Waals surface area contributed by atoms with Crippen LogP contribution in [0.15, 0.2) is 0 Å². The molecule has 1 saturated heterocycles. The van der Waals surface area contributed by atoms with Crippen molar-refractivity contribution in [3.8, 4) is 0 Å². The van der Waals surface area contributed by atoms with Crippen molar-refractivity contribution in [3.05, 3.63) is 0 Å². The first kappa shape index (κ1) is 6.05. The van der Waals surface area contributed by atoms with E-state index in [0.717, 1.165) is 13.2 Å². The Labute approximate surface area is 49.8 Å². The van der Waals surface area contributed by atoms with Gasteiger partial charge in [-0.15, -0.1) is 0 Å². The van der Waals surface area contributed by atoms with Gasteiger partial charge in [-0.1, -0.05) is 0 Å². The molecule has 2 atom stereocenters. The maximum atomic E-state index is 5.24. The SMILES string of the molecule is CCOC(C)[C@@H]1CO1. The van der Waals surface area contributed by atoms with Crippen LogP contribution in [0.1, 0.15) is 13.8 Å². The molecule has 0 amide bonds. The van der Waals surface area contributed by atoms with Gasteiger partial charge in [0.15, 0.2) is 0 Å². The van der Waals surface area contributed by atoms with E-state index in [0.29, 0.717) is 12.2 Å². The monoisotopic (exact) mass is 116 g/mol. The minimum atomic E-state index is 0.306. The summed E-state index contributed by atoms with van der Waals surface area (Å²) in [6.45, 7) is 5.72. The molecule has 1 heterocycles. The molecule has 0 radical (unpaired) electrons. The van der Waals surface area contributed by atoms with Crippen molar-refractivity contribution in [2.75, 3.05) is 13.2 Å². The first-order chi connectivity index (χ1) is 3.84. The van der Waals surface area contributed by atoms with E-state index in [4.69, 9.17) is 9.47 Å². The van der Waals surface area contributed by atoms with Crippen LogP contribution in [0.25, 0.3) is 0 Å². The molecule has 1 aliphatic rings. The summed E-state index contributed by atoms with van der Waals surface area (Å²) in [5.74, 6) is 0. The molecular weight excluding hydrogens is 104 g/mol. The van der Waals surface area contributed by atoms with Crippen molar-refractivity contribution < 1.29 is 9.47 Å². The summed E-state index contributed by atoms with van der Waals surface area (Å²) in [6.07, 6.45) is 0.704. The Kier molecular flexibility index (Phi) is 1.86. The highest BCUT2D eigenvalue weighted by Crippen LogP contribution is 2.15. The Morgan fingerprint density at radius 2 is 2.50 bits per heavy atom. The van der Waals surface area contributed by atoms with Crippen LogP contribution in [-0.4, -0.2) is 25.4 Å². The van der Waals surface area contributed by atoms with E-state index in [9.17, 15) is 0 Å². The lowest BCUT2D eigenvalue weighted by Crippen LogP contribution is -2.14. The molecule has 0 N–H and O–H groups in total. The van der Waals surface area contributed by atoms with Crippen LogP contribution >= 0.6 is 0 Å². The summed E-state index contributed by atoms with van der Waals surface area (Å²) >= 11 is 0. The van der Waals surface area contributed by atoms with Crippen LogP contribution in [0.4, 0.5) is 0 Å². The molecule has 2 nitrogen and oxygen atoms in total. The van der Waals surface area contributed by atoms with Crippen LogP contribution in [0.2, 0.25) is 0 Å². The lowest BCUT2D eigenvalue weighted by atomic mass is 10.3. The number of epoxide rings is 1. The fourth-order valence-corrected chi connectivity index (χ4v) is 0.697. The van der Waals surface area contributed by atoms with Crippen LogP contribution in [0.3, 0.4) is 0 Å². The van der Waals surface area contributed by atoms with E-state index in [-0.39, 0.29) is 0 Å². The van der Waals surface area contributed by atoms with Gasteiger partial charge in [-0.25, -0.2) is 0 Å². The Morgan fingerprint density at radius 1 is 1.88 bits per heavy atom. The third kappa shape index (κ3) is 1.46. The largest absolute Gasteiger partial charge is 0.376 e. The molecule has 0 spiro atoms. The molecule has 0 bridgehead atoms. The summed E-state index contributed by atoms with van der Waals surface area (Å²) < 4.78 is 10.2. The molecule has 1 fully saturated rings. The second kappa shape index (κ2) is 2.46. The number of ether oxygens (including phenoxy) is 2. The normalized spacial score (nSPS) is 30.0. The van der Waals surface area contributed by atoms with E-state index >= 15 is 0 Å². The molecule has 0 aromatic heterocycles. The quantitative estimate of drug-likeness (QED) is 0.509. The first-order valence-electron chi connectivity index (χ1n) is 3.07. The van der Waals surface area contributed by atoms with Crippen molar-refractivity contribution in [2.24, 2.45) is 0 Å². The van der Waals surface area contributed by atoms with Crippen LogP contribution in [-0.2, 0) is 9.47 Å². The van der Waals surface area contributed by atoms with Crippen LogP contribution < -0.4 is 0 Å². The molecule has 8 heavy (non-hydrogen) atoms. The van der Waals surface area contributed by atoms with Gasteiger partial charge in [-0.05, 0) is 13.8 Å². The van der Waals surface area contributed by atoms with E-state index in [1.807, 2.05) is 13.8 Å². The van der Waals surface area contributed by atoms with Crippen molar-refractivity contribution in [3.63, 3.8) is 0 Å². The van der Waals surface area contributed by atoms with Crippen molar-refractivity contribution in [1.29, 1.82) is 0 Å². The fraction of sp³-hybridized carbons (Fsp3) is 1.00. The Bertz CT molecular complexity index is 68.9. The topological polar surface area (TPSA) is 21.8 Å². The minimum absolute atomic E-state index is 0.306. The maximum absolute atomic E-state index is 5.24. The summed E-state index contributed by atoms with van der Waals surface area (Å²) in [6, 6.07) is 0. The highest BCUT2D eigenvalue weighted by atomic mass is 16.6. The minimum Gasteiger partial charge on any atom is -0.376 e. The van der Waals surface area contributed by atoms with Crippen molar-refractivity contribution in [2.45, 2.75) is 26.1 Å². The van der Waals surface area contributed by atoms with Crippen LogP contribution in [0.5, 0.6) is 0 Å². The smallest absolute Gasteiger partial charge is 0.107 e. The maximum Gasteiger partial charge on any atom is 0.107 e. The van der Waals surface area contributed by atoms with Crippen molar-refractivity contribution in [1.82, 2.24) is 0 Å². The summed E-state index contributed by atoms with van der Waals surface area (Å²) in [4.78, 5) is 0. The molecule has 0 aromatic rings. The van der Waals surface area contributed by atoms with Gasteiger partial charge in [0, 0.05) is 6.61 Å². The Balaban J connectivity index is 2.03. The molecular formula is C6H12O2. The van der Waals surface area contributed by atoms with E-state index in [2.05, 4.69) is 0 Å². The van der Waals surface area contributed by atoms with Crippen LogP contribution in [0, 0.1) is 0 Å². The Hall–Kier alpha value is -0.0800. The molecule has 0 aromatic carbocycles. The second-order valence-electron chi connectivity index (χ2n) is 2.03. The second-order valence-corrected chi connectivity index (χ2v) is 2.03. The average Bonchev–Trinajstić information content (AvgIpc) is 2.45. The predicted molar refractivity (Wildman–Crippen MR) is 30.8 cm³/mol. The zero-order valence-electron chi connectivity index (χ0n) is 5.39. The first-order valence-corrected chi connectivity index (χ1v) is 3.07. The van der Waals surface area contributed by atoms with Crippen molar-refractivity contribution >= 4 is 0 Å². The van der Waals surface area contributed by atoms with Gasteiger partial charge in [0.05, 0.1) is 12.7 Å². The third-order valence-corrected chi connectivity index (χ3v) is 1.31. The number of rotatable bonds is 3. The molecule has 1 aliphatic heterocycles. The van der Waals surface area contributed by atoms with Gasteiger partial charge < -0.3 is 9.47 Å². The van der Waals surface area contributed by atoms with E-state index < -0.39 is 0 Å². The number of hydrogen-bond acceptors (Lipinski definition) is 2. The van der Waals surface area contributed by atoms with Gasteiger partial charge >= 0.3 is 0 Å². The van der Waals surface area contributed by atoms with E-state index in [1.54, 1.807) is 0 Å². The lowest BCUT2D eigenvalue weighted by Gasteiger charge is -2.05. The standard InChI is InChI=1S/C6H12O2/c1-3-7-5(2)6-4-8-6/h5-6H,3-4H2,1-2H3/t5?,6-/m0/s1. The molecule has 1 rings (SSSR count). The van der Waals surface area contributed by atoms with Gasteiger partial charge in [0.2, 0.25) is 0 Å². The lowest BCUT2D eigenvalue weighted by molar-refractivity contribution is 0.0549. The van der Waals surface area contributed by atoms with E-state index in [1.165, 1.54) is 0 Å². The third-order valence-electron chi connectivity index (χ3n) is 1.31. The molecule has 0 aliphatic carbocycles. The summed E-state index contributed by atoms with van der Waals surface area (Å²) in [7, 11) is 0. The van der Waals surface area contributed by atoms with Gasteiger partial charge in [-0.2, -0.15) is 0 Å². The average molecular weight is 116 g/mol. The zero-order chi connectivity index (χ0) is 5.98. The molecule has 1 unspecified atom stereocenters. The van der Waals surface area contributed by atoms with Gasteiger partial charge in [0.25, 0.3) is 0 Å². The summed E-state index contributed by atoms with van der Waals surface area (Å²) in [5, 5.41) is 0. The van der Waals surface area contributed by atoms with Gasteiger partial charge in [-0.3, -0.25) is 0 Å². The molecule has 2 heteroatoms. The number of hydrogen-bond donors (Lipinski definition) is 0. The highest BCUT2D eigenvalue weighted by Gasteiger charge is 2.29.